The fourth-order valence-corrected chi connectivity index (χ4v) is 9.12. The van der Waals surface area contributed by atoms with Crippen molar-refractivity contribution in [2.75, 3.05) is 6.61 Å². The van der Waals surface area contributed by atoms with Crippen LogP contribution >= 0.6 is 0 Å². The van der Waals surface area contributed by atoms with Gasteiger partial charge in [0.1, 0.15) is 23.5 Å². The van der Waals surface area contributed by atoms with Crippen molar-refractivity contribution < 1.29 is 28.5 Å². The number of hydrogen-bond acceptors (Lipinski definition) is 6. The molecule has 3 aromatic rings. The van der Waals surface area contributed by atoms with Gasteiger partial charge in [-0.3, -0.25) is 0 Å². The minimum Gasteiger partial charge on any atom is -0.489 e. The van der Waals surface area contributed by atoms with Gasteiger partial charge in [0.2, 0.25) is 0 Å². The molecule has 0 amide bonds. The Morgan fingerprint density at radius 1 is 1.10 bits per heavy atom. The van der Waals surface area contributed by atoms with Crippen LogP contribution in [0.25, 0.3) is 17.0 Å². The average molecular weight is 677 g/mol. The van der Waals surface area contributed by atoms with Crippen molar-refractivity contribution in [2.24, 2.45) is 11.8 Å². The van der Waals surface area contributed by atoms with Gasteiger partial charge in [0, 0.05) is 10.9 Å². The molecule has 1 aromatic heterocycles. The summed E-state index contributed by atoms with van der Waals surface area (Å²) in [4.78, 5) is 0. The molecule has 7 heteroatoms. The molecule has 48 heavy (non-hydrogen) atoms. The molecule has 2 fully saturated rings. The molecule has 1 aliphatic carbocycles. The molecule has 1 spiro atoms. The zero-order valence-electron chi connectivity index (χ0n) is 30.8. The summed E-state index contributed by atoms with van der Waals surface area (Å²) >= 11 is 0. The van der Waals surface area contributed by atoms with E-state index in [1.54, 1.807) is 0 Å². The molecular weight excluding hydrogens is 617 g/mol. The van der Waals surface area contributed by atoms with E-state index < -0.39 is 20.0 Å². The molecule has 0 radical (unpaired) electrons. The lowest BCUT2D eigenvalue weighted by Gasteiger charge is -2.47. The third-order valence-electron chi connectivity index (χ3n) is 11.3. The maximum atomic E-state index is 11.8. The predicted octanol–water partition coefficient (Wildman–Crippen LogP) is 9.81. The van der Waals surface area contributed by atoms with Crippen LogP contribution in [0.2, 0.25) is 18.1 Å². The summed E-state index contributed by atoms with van der Waals surface area (Å²) in [6, 6.07) is 12.4. The highest BCUT2D eigenvalue weighted by molar-refractivity contribution is 6.74. The lowest BCUT2D eigenvalue weighted by Crippen LogP contribution is -2.56. The standard InChI is InChI=1S/C41H60O6Si/c1-10-16-31(29-23-35(43)41(36(11-2)46-41)37(24-29)47-48(8,9)40(5,6)7)34-26-45-39-32(34)22-30(21-27(3)4)38(33(39)25-42)44-20-15-19-28-17-13-12-14-18-28/h12-15,17-19,22,26-27,29,31,35-37,42-43H,10-11,16,20-21,23-25H2,1-9H3/b19-15+/t29-,31-,35-,36?,37-,41-/m1/s1. The monoisotopic (exact) mass is 676 g/mol. The number of epoxide rings is 1. The van der Waals surface area contributed by atoms with Gasteiger partial charge in [0.25, 0.3) is 0 Å². The van der Waals surface area contributed by atoms with Crippen molar-refractivity contribution >= 4 is 25.4 Å². The van der Waals surface area contributed by atoms with Crippen molar-refractivity contribution in [3.63, 3.8) is 0 Å². The van der Waals surface area contributed by atoms with Crippen LogP contribution in [-0.2, 0) is 22.2 Å². The summed E-state index contributed by atoms with van der Waals surface area (Å²) < 4.78 is 26.3. The summed E-state index contributed by atoms with van der Waals surface area (Å²) in [7, 11) is -2.14. The first kappa shape index (κ1) is 36.8. The fourth-order valence-electron chi connectivity index (χ4n) is 7.77. The molecule has 2 aliphatic rings. The van der Waals surface area contributed by atoms with Crippen molar-refractivity contribution in [3.8, 4) is 5.75 Å². The molecule has 6 atom stereocenters. The number of ether oxygens (including phenoxy) is 2. The number of aliphatic hydroxyl groups excluding tert-OH is 2. The number of aliphatic hydroxyl groups is 2. The molecule has 2 N–H and O–H groups in total. The van der Waals surface area contributed by atoms with Gasteiger partial charge in [-0.05, 0) is 91.3 Å². The van der Waals surface area contributed by atoms with E-state index in [9.17, 15) is 10.2 Å². The minimum atomic E-state index is -2.14. The molecular formula is C41H60O6Si. The maximum absolute atomic E-state index is 11.8. The van der Waals surface area contributed by atoms with Crippen LogP contribution in [0.4, 0.5) is 0 Å². The first-order valence-electron chi connectivity index (χ1n) is 18.3. The molecule has 5 rings (SSSR count). The molecule has 2 heterocycles. The van der Waals surface area contributed by atoms with Crippen LogP contribution in [0.1, 0.15) is 109 Å². The second kappa shape index (κ2) is 14.8. The Balaban J connectivity index is 1.50. The van der Waals surface area contributed by atoms with Crippen molar-refractivity contribution in [2.45, 2.75) is 142 Å². The number of benzene rings is 2. The summed E-state index contributed by atoms with van der Waals surface area (Å²) in [5.41, 5.74) is 4.16. The third kappa shape index (κ3) is 7.36. The van der Waals surface area contributed by atoms with E-state index in [0.29, 0.717) is 30.1 Å². The van der Waals surface area contributed by atoms with Crippen LogP contribution in [0, 0.1) is 11.8 Å². The first-order valence-corrected chi connectivity index (χ1v) is 21.2. The molecule has 264 valence electrons. The van der Waals surface area contributed by atoms with Gasteiger partial charge in [-0.15, -0.1) is 0 Å². The van der Waals surface area contributed by atoms with E-state index in [0.717, 1.165) is 59.9 Å². The molecule has 6 nitrogen and oxygen atoms in total. The summed E-state index contributed by atoms with van der Waals surface area (Å²) in [5, 5.41) is 23.7. The molecule has 2 aromatic carbocycles. The zero-order chi connectivity index (χ0) is 34.9. The quantitative estimate of drug-likeness (QED) is 0.131. The first-order chi connectivity index (χ1) is 22.8. The van der Waals surface area contributed by atoms with E-state index in [4.69, 9.17) is 18.3 Å². The van der Waals surface area contributed by atoms with Gasteiger partial charge in [0.05, 0.1) is 36.7 Å². The number of hydrogen-bond donors (Lipinski definition) is 2. The van der Waals surface area contributed by atoms with Crippen LogP contribution in [0.5, 0.6) is 5.75 Å². The van der Waals surface area contributed by atoms with E-state index >= 15 is 0 Å². The lowest BCUT2D eigenvalue weighted by molar-refractivity contribution is -0.0632. The smallest absolute Gasteiger partial charge is 0.192 e. The Hall–Kier alpha value is -2.42. The Labute approximate surface area is 290 Å². The van der Waals surface area contributed by atoms with Crippen LogP contribution in [0.15, 0.2) is 53.2 Å². The predicted molar refractivity (Wildman–Crippen MR) is 198 cm³/mol. The van der Waals surface area contributed by atoms with Crippen molar-refractivity contribution in [1.82, 2.24) is 0 Å². The zero-order valence-corrected chi connectivity index (χ0v) is 31.8. The van der Waals surface area contributed by atoms with Gasteiger partial charge >= 0.3 is 0 Å². The van der Waals surface area contributed by atoms with Gasteiger partial charge in [-0.2, -0.15) is 0 Å². The van der Waals surface area contributed by atoms with Crippen LogP contribution < -0.4 is 4.74 Å². The summed E-state index contributed by atoms with van der Waals surface area (Å²) in [6.07, 6.45) is 10.5. The Kier molecular flexibility index (Phi) is 11.4. The van der Waals surface area contributed by atoms with Gasteiger partial charge in [-0.1, -0.05) is 91.3 Å². The minimum absolute atomic E-state index is 0.0364. The van der Waals surface area contributed by atoms with E-state index in [2.05, 4.69) is 85.8 Å². The average Bonchev–Trinajstić information content (AvgIpc) is 3.63. The van der Waals surface area contributed by atoms with Crippen molar-refractivity contribution in [3.05, 3.63) is 71.0 Å². The highest BCUT2D eigenvalue weighted by Crippen LogP contribution is 2.57. The van der Waals surface area contributed by atoms with Gasteiger partial charge in [0.15, 0.2) is 8.32 Å². The molecule has 1 aliphatic heterocycles. The maximum Gasteiger partial charge on any atom is 0.192 e. The Bertz CT molecular complexity index is 1540. The van der Waals surface area contributed by atoms with Crippen molar-refractivity contribution in [1.29, 1.82) is 0 Å². The number of furan rings is 1. The Morgan fingerprint density at radius 3 is 2.44 bits per heavy atom. The SMILES string of the molecule is CCC[C@@H](c1coc2c(CO)c(OC/C=C/c3ccccc3)c(CC(C)C)cc12)[C@@H]1C[C@@H](O)[C@]2(OC2CC)[C@H](O[Si](C)(C)C(C)(C)C)C1. The van der Waals surface area contributed by atoms with Gasteiger partial charge in [-0.25, -0.2) is 0 Å². The highest BCUT2D eigenvalue weighted by Gasteiger charge is 2.68. The third-order valence-corrected chi connectivity index (χ3v) is 15.8. The van der Waals surface area contributed by atoms with Gasteiger partial charge < -0.3 is 28.5 Å². The summed E-state index contributed by atoms with van der Waals surface area (Å²) in [6.45, 7) is 20.4. The highest BCUT2D eigenvalue weighted by atomic mass is 28.4. The topological polar surface area (TPSA) is 84.6 Å². The molecule has 1 unspecified atom stereocenters. The van der Waals surface area contributed by atoms with E-state index in [-0.39, 0.29) is 35.7 Å². The van der Waals surface area contributed by atoms with Crippen LogP contribution in [0.3, 0.4) is 0 Å². The van der Waals surface area contributed by atoms with E-state index in [1.807, 2.05) is 30.5 Å². The van der Waals surface area contributed by atoms with E-state index in [1.165, 1.54) is 0 Å². The lowest BCUT2D eigenvalue weighted by atomic mass is 9.68. The fraction of sp³-hybridized carbons (Fsp3) is 0.610. The summed E-state index contributed by atoms with van der Waals surface area (Å²) in [5.74, 6) is 1.50. The molecule has 1 saturated carbocycles. The number of fused-ring (bicyclic) bond motifs is 1. The largest absolute Gasteiger partial charge is 0.489 e. The van der Waals surface area contributed by atoms with Crippen LogP contribution in [-0.4, -0.2) is 49.1 Å². The second-order valence-corrected chi connectivity index (χ2v) is 20.9. The Morgan fingerprint density at radius 2 is 1.83 bits per heavy atom. The number of rotatable bonds is 14. The molecule has 0 bridgehead atoms. The molecule has 1 saturated heterocycles. The second-order valence-electron chi connectivity index (χ2n) is 16.2. The normalized spacial score (nSPS) is 25.4.